The maximum absolute atomic E-state index is 12.8. The predicted octanol–water partition coefficient (Wildman–Crippen LogP) is 4.85. The van der Waals surface area contributed by atoms with Gasteiger partial charge in [0.1, 0.15) is 23.1 Å². The standard InChI is InChI=1S/C25H23ClN4O5/c1-14(2)21(27-23(31)17-11-7-8-12-18(17)26)25(32)33-13-19-28-29-24(34-19)20-15(3)35-30-22(20)16-9-5-4-6-10-16/h4-12,14,21H,13H2,1-3H3,(H,27,31)/t21-/m0/s1. The zero-order valence-corrected chi connectivity index (χ0v) is 20.1. The lowest BCUT2D eigenvalue weighted by Gasteiger charge is -2.20. The molecule has 0 aliphatic heterocycles. The number of ether oxygens (including phenoxy) is 1. The lowest BCUT2D eigenvalue weighted by atomic mass is 10.0. The normalized spacial score (nSPS) is 11.9. The summed E-state index contributed by atoms with van der Waals surface area (Å²) < 4.78 is 16.4. The highest BCUT2D eigenvalue weighted by atomic mass is 35.5. The number of nitrogens with one attached hydrogen (secondary N) is 1. The van der Waals surface area contributed by atoms with E-state index >= 15 is 0 Å². The lowest BCUT2D eigenvalue weighted by molar-refractivity contribution is -0.149. The van der Waals surface area contributed by atoms with Gasteiger partial charge in [-0.25, -0.2) is 4.79 Å². The quantitative estimate of drug-likeness (QED) is 0.345. The van der Waals surface area contributed by atoms with Crippen LogP contribution in [0.2, 0.25) is 5.02 Å². The van der Waals surface area contributed by atoms with Gasteiger partial charge in [-0.05, 0) is 25.0 Å². The van der Waals surface area contributed by atoms with Gasteiger partial charge in [-0.2, -0.15) is 0 Å². The summed E-state index contributed by atoms with van der Waals surface area (Å²) in [6.07, 6.45) is 0. The van der Waals surface area contributed by atoms with Gasteiger partial charge in [-0.3, -0.25) is 4.79 Å². The Morgan fingerprint density at radius 3 is 2.49 bits per heavy atom. The molecular formula is C25H23ClN4O5. The molecule has 0 saturated heterocycles. The fourth-order valence-electron chi connectivity index (χ4n) is 3.41. The highest BCUT2D eigenvalue weighted by Gasteiger charge is 2.28. The molecule has 9 nitrogen and oxygen atoms in total. The van der Waals surface area contributed by atoms with Gasteiger partial charge in [0.05, 0.1) is 10.6 Å². The molecular weight excluding hydrogens is 472 g/mol. The number of benzene rings is 2. The number of halogens is 1. The Kier molecular flexibility index (Phi) is 7.26. The predicted molar refractivity (Wildman–Crippen MR) is 127 cm³/mol. The minimum Gasteiger partial charge on any atom is -0.454 e. The Labute approximate surface area is 206 Å². The molecule has 2 heterocycles. The molecule has 4 rings (SSSR count). The average molecular weight is 495 g/mol. The Hall–Kier alpha value is -3.98. The van der Waals surface area contributed by atoms with Gasteiger partial charge >= 0.3 is 5.97 Å². The largest absolute Gasteiger partial charge is 0.454 e. The van der Waals surface area contributed by atoms with Gasteiger partial charge in [0.15, 0.2) is 6.61 Å². The van der Waals surface area contributed by atoms with Crippen molar-refractivity contribution >= 4 is 23.5 Å². The topological polar surface area (TPSA) is 120 Å². The molecule has 0 radical (unpaired) electrons. The fraction of sp³-hybridized carbons (Fsp3) is 0.240. The van der Waals surface area contributed by atoms with Crippen molar-refractivity contribution < 1.29 is 23.3 Å². The van der Waals surface area contributed by atoms with Crippen LogP contribution in [-0.4, -0.2) is 33.3 Å². The maximum Gasteiger partial charge on any atom is 0.329 e. The minimum absolute atomic E-state index is 0.0906. The van der Waals surface area contributed by atoms with Crippen LogP contribution >= 0.6 is 11.6 Å². The molecule has 0 aliphatic carbocycles. The number of carbonyl (C=O) groups excluding carboxylic acids is 2. The van der Waals surface area contributed by atoms with Gasteiger partial charge in [0.25, 0.3) is 17.7 Å². The molecule has 4 aromatic rings. The molecule has 1 N–H and O–H groups in total. The van der Waals surface area contributed by atoms with Crippen LogP contribution in [0, 0.1) is 12.8 Å². The highest BCUT2D eigenvalue weighted by molar-refractivity contribution is 6.33. The van der Waals surface area contributed by atoms with E-state index in [9.17, 15) is 9.59 Å². The Morgan fingerprint density at radius 1 is 1.06 bits per heavy atom. The van der Waals surface area contributed by atoms with E-state index < -0.39 is 17.9 Å². The number of amides is 1. The zero-order valence-electron chi connectivity index (χ0n) is 19.3. The Morgan fingerprint density at radius 2 is 1.77 bits per heavy atom. The monoisotopic (exact) mass is 494 g/mol. The summed E-state index contributed by atoms with van der Waals surface area (Å²) in [4.78, 5) is 25.4. The van der Waals surface area contributed by atoms with Crippen LogP contribution in [0.15, 0.2) is 63.5 Å². The van der Waals surface area contributed by atoms with Crippen molar-refractivity contribution in [3.05, 3.63) is 76.8 Å². The minimum atomic E-state index is -0.897. The maximum atomic E-state index is 12.8. The van der Waals surface area contributed by atoms with Crippen LogP contribution in [0.3, 0.4) is 0 Å². The summed E-state index contributed by atoms with van der Waals surface area (Å²) >= 11 is 6.09. The second kappa shape index (κ2) is 10.5. The van der Waals surface area contributed by atoms with Gasteiger partial charge in [0, 0.05) is 5.56 Å². The molecule has 0 fully saturated rings. The molecule has 0 saturated carbocycles. The number of carbonyl (C=O) groups is 2. The first-order chi connectivity index (χ1) is 16.8. The third kappa shape index (κ3) is 5.41. The number of nitrogens with zero attached hydrogens (tertiary/aromatic N) is 3. The second-order valence-electron chi connectivity index (χ2n) is 8.11. The average Bonchev–Trinajstić information content (AvgIpc) is 3.47. The first kappa shape index (κ1) is 24.2. The molecule has 0 unspecified atom stereocenters. The van der Waals surface area contributed by atoms with Crippen LogP contribution in [0.1, 0.15) is 35.9 Å². The van der Waals surface area contributed by atoms with E-state index in [-0.39, 0.29) is 34.9 Å². The Balaban J connectivity index is 1.45. The van der Waals surface area contributed by atoms with Gasteiger partial charge in [-0.1, -0.05) is 73.1 Å². The molecule has 0 bridgehead atoms. The summed E-state index contributed by atoms with van der Waals surface area (Å²) in [5, 5.41) is 15.1. The number of esters is 1. The number of hydrogen-bond donors (Lipinski definition) is 1. The summed E-state index contributed by atoms with van der Waals surface area (Å²) in [6.45, 7) is 5.07. The van der Waals surface area contributed by atoms with Crippen molar-refractivity contribution in [2.75, 3.05) is 0 Å². The molecule has 0 aliphatic rings. The van der Waals surface area contributed by atoms with E-state index in [1.807, 2.05) is 30.3 Å². The van der Waals surface area contributed by atoms with Crippen molar-refractivity contribution in [2.45, 2.75) is 33.4 Å². The van der Waals surface area contributed by atoms with E-state index in [0.717, 1.165) is 5.56 Å². The fourth-order valence-corrected chi connectivity index (χ4v) is 3.64. The first-order valence-electron chi connectivity index (χ1n) is 10.9. The summed E-state index contributed by atoms with van der Waals surface area (Å²) in [6, 6.07) is 15.2. The van der Waals surface area contributed by atoms with Crippen molar-refractivity contribution in [1.29, 1.82) is 0 Å². The summed E-state index contributed by atoms with van der Waals surface area (Å²) in [7, 11) is 0. The van der Waals surface area contributed by atoms with Crippen LogP contribution in [0.25, 0.3) is 22.7 Å². The van der Waals surface area contributed by atoms with Crippen molar-refractivity contribution in [3.63, 3.8) is 0 Å². The number of aryl methyl sites for hydroxylation is 1. The van der Waals surface area contributed by atoms with E-state index in [1.54, 1.807) is 45.0 Å². The SMILES string of the molecule is Cc1onc(-c2ccccc2)c1-c1nnc(COC(=O)[C@@H](NC(=O)c2ccccc2Cl)C(C)C)o1. The van der Waals surface area contributed by atoms with E-state index in [0.29, 0.717) is 17.0 Å². The smallest absolute Gasteiger partial charge is 0.329 e. The molecule has 1 atom stereocenters. The van der Waals surface area contributed by atoms with Gasteiger partial charge < -0.3 is 19.0 Å². The molecule has 1 amide bonds. The van der Waals surface area contributed by atoms with Crippen molar-refractivity contribution in [2.24, 2.45) is 5.92 Å². The molecule has 35 heavy (non-hydrogen) atoms. The summed E-state index contributed by atoms with van der Waals surface area (Å²) in [5.74, 6) is -0.540. The van der Waals surface area contributed by atoms with E-state index in [1.165, 1.54) is 0 Å². The second-order valence-corrected chi connectivity index (χ2v) is 8.52. The highest BCUT2D eigenvalue weighted by Crippen LogP contribution is 2.33. The molecule has 10 heteroatoms. The molecule has 2 aromatic carbocycles. The summed E-state index contributed by atoms with van der Waals surface area (Å²) in [5.41, 5.74) is 2.23. The first-order valence-corrected chi connectivity index (χ1v) is 11.3. The molecule has 2 aromatic heterocycles. The van der Waals surface area contributed by atoms with Crippen molar-refractivity contribution in [1.82, 2.24) is 20.7 Å². The van der Waals surface area contributed by atoms with E-state index in [4.69, 9.17) is 25.3 Å². The van der Waals surface area contributed by atoms with Crippen LogP contribution in [0.5, 0.6) is 0 Å². The third-order valence-corrected chi connectivity index (χ3v) is 5.58. The lowest BCUT2D eigenvalue weighted by Crippen LogP contribution is -2.45. The Bertz CT molecular complexity index is 1330. The van der Waals surface area contributed by atoms with Gasteiger partial charge in [-0.15, -0.1) is 10.2 Å². The number of aromatic nitrogens is 3. The molecule has 180 valence electrons. The van der Waals surface area contributed by atoms with Crippen LogP contribution in [-0.2, 0) is 16.1 Å². The number of rotatable bonds is 8. The van der Waals surface area contributed by atoms with Gasteiger partial charge in [0.2, 0.25) is 0 Å². The van der Waals surface area contributed by atoms with Crippen LogP contribution < -0.4 is 5.32 Å². The third-order valence-electron chi connectivity index (χ3n) is 5.25. The van der Waals surface area contributed by atoms with E-state index in [2.05, 4.69) is 20.7 Å². The number of hydrogen-bond acceptors (Lipinski definition) is 8. The zero-order chi connectivity index (χ0) is 24.9. The molecule has 0 spiro atoms. The van der Waals surface area contributed by atoms with Crippen LogP contribution in [0.4, 0.5) is 0 Å². The van der Waals surface area contributed by atoms with Crippen molar-refractivity contribution in [3.8, 4) is 22.7 Å².